The van der Waals surface area contributed by atoms with Crippen LogP contribution in [-0.2, 0) is 35.1 Å². The van der Waals surface area contributed by atoms with Gasteiger partial charge in [0.1, 0.15) is 30.0 Å². The van der Waals surface area contributed by atoms with Crippen molar-refractivity contribution in [2.24, 2.45) is 28.8 Å². The van der Waals surface area contributed by atoms with Gasteiger partial charge in [-0.3, -0.25) is 14.4 Å². The summed E-state index contributed by atoms with van der Waals surface area (Å²) < 4.78 is 23.5. The number of allylic oxidation sites excluding steroid dienone is 2. The number of esters is 1. The van der Waals surface area contributed by atoms with Crippen LogP contribution in [0.4, 0.5) is 5.69 Å². The molecule has 0 saturated carbocycles. The highest BCUT2D eigenvalue weighted by Gasteiger charge is 2.50. The van der Waals surface area contributed by atoms with Crippen molar-refractivity contribution in [3.8, 4) is 23.0 Å². The maximum absolute atomic E-state index is 14.4. The molecule has 15 heteroatoms. The van der Waals surface area contributed by atoms with Gasteiger partial charge < -0.3 is 54.6 Å². The van der Waals surface area contributed by atoms with Gasteiger partial charge in [-0.05, 0) is 25.5 Å². The zero-order valence-corrected chi connectivity index (χ0v) is 35.8. The maximum Gasteiger partial charge on any atom is 0.312 e. The number of benzene rings is 3. The number of anilines is 1. The molecule has 3 aliphatic rings. The molecule has 0 unspecified atom stereocenters. The lowest BCUT2D eigenvalue weighted by atomic mass is 9.78. The standard InChI is InChI=1S/C46H56N2O13/c1-23-14-13-15-24(2)45(56)48-36-31(22-47-59-21-18-30-16-11-10-12-17-30)40(53)33-34(41(36)54)39(52)28(6)43-35(33)44(55)46(8,61-43)58-20-19-32(57-9)25(3)42(60-29(7)49)27(5)38(51)26(4)37(23)50/h10-17,19-20,22-23,25-27,32,37-38,42,50-54H,18,21H2,1-9H3,(H,48,56)/b14-13-,20-19-,24-15-,47-22+/t23-,25+,26+,27+,32-,37-,38+,42+,46-/m0/s1. The van der Waals surface area contributed by atoms with E-state index in [0.29, 0.717) is 6.42 Å². The Kier molecular flexibility index (Phi) is 14.5. The molecule has 3 heterocycles. The fourth-order valence-corrected chi connectivity index (χ4v) is 7.82. The number of carbonyl (C=O) groups excluding carboxylic acids is 3. The van der Waals surface area contributed by atoms with E-state index < -0.39 is 88.8 Å². The molecule has 61 heavy (non-hydrogen) atoms. The van der Waals surface area contributed by atoms with Crippen molar-refractivity contribution in [1.82, 2.24) is 0 Å². The van der Waals surface area contributed by atoms with E-state index in [9.17, 15) is 39.9 Å². The summed E-state index contributed by atoms with van der Waals surface area (Å²) in [5.41, 5.74) is 0.345. The second kappa shape index (κ2) is 19.2. The number of phenols is 3. The topological polar surface area (TPSA) is 223 Å². The molecular weight excluding hydrogens is 789 g/mol. The van der Waals surface area contributed by atoms with E-state index in [1.54, 1.807) is 39.8 Å². The fraction of sp³-hybridized carbons (Fsp3) is 0.435. The maximum atomic E-state index is 14.4. The summed E-state index contributed by atoms with van der Waals surface area (Å²) in [4.78, 5) is 46.0. The first-order chi connectivity index (χ1) is 28.8. The Hall–Kier alpha value is -5.90. The van der Waals surface area contributed by atoms with Crippen LogP contribution in [-0.4, -0.2) is 93.3 Å². The number of hydrogen-bond donors (Lipinski definition) is 6. The molecule has 0 spiro atoms. The number of phenolic OH excluding ortho intramolecular Hbond substituents is 3. The number of fused-ring (bicyclic) bond motifs is 14. The summed E-state index contributed by atoms with van der Waals surface area (Å²) in [6, 6.07) is 9.50. The number of ether oxygens (including phenoxy) is 4. The van der Waals surface area contributed by atoms with Crippen LogP contribution in [0.2, 0.25) is 0 Å². The molecule has 5 bridgehead atoms. The first-order valence-electron chi connectivity index (χ1n) is 20.1. The number of methoxy groups -OCH3 is 1. The lowest BCUT2D eigenvalue weighted by Crippen LogP contribution is -2.46. The molecule has 15 nitrogen and oxygen atoms in total. The number of ketones is 1. The van der Waals surface area contributed by atoms with Crippen LogP contribution in [0.25, 0.3) is 10.8 Å². The van der Waals surface area contributed by atoms with E-state index in [4.69, 9.17) is 23.8 Å². The van der Waals surface area contributed by atoms with Crippen LogP contribution < -0.4 is 10.1 Å². The van der Waals surface area contributed by atoms with Crippen molar-refractivity contribution in [2.75, 3.05) is 19.0 Å². The number of aliphatic hydroxyl groups is 2. The average molecular weight is 845 g/mol. The molecule has 0 saturated heterocycles. The molecule has 328 valence electrons. The van der Waals surface area contributed by atoms with Gasteiger partial charge in [0.05, 0.1) is 53.0 Å². The van der Waals surface area contributed by atoms with Crippen molar-refractivity contribution in [3.63, 3.8) is 0 Å². The van der Waals surface area contributed by atoms with Gasteiger partial charge >= 0.3 is 11.8 Å². The molecule has 3 aromatic rings. The monoisotopic (exact) mass is 844 g/mol. The van der Waals surface area contributed by atoms with Gasteiger partial charge in [0, 0.05) is 67.6 Å². The fourth-order valence-electron chi connectivity index (χ4n) is 7.82. The number of oxime groups is 1. The van der Waals surface area contributed by atoms with Crippen LogP contribution in [0, 0.1) is 30.6 Å². The number of nitrogens with one attached hydrogen (secondary N) is 1. The van der Waals surface area contributed by atoms with Gasteiger partial charge in [-0.25, -0.2) is 0 Å². The molecule has 0 fully saturated rings. The lowest BCUT2D eigenvalue weighted by molar-refractivity contribution is -0.160. The Morgan fingerprint density at radius 1 is 0.934 bits per heavy atom. The molecule has 0 aliphatic carbocycles. The highest BCUT2D eigenvalue weighted by molar-refractivity contribution is 6.23. The van der Waals surface area contributed by atoms with Gasteiger partial charge in [-0.15, -0.1) is 0 Å². The first-order valence-corrected chi connectivity index (χ1v) is 20.1. The Labute approximate surface area is 354 Å². The molecule has 0 aromatic heterocycles. The van der Waals surface area contributed by atoms with Crippen LogP contribution >= 0.6 is 0 Å². The lowest BCUT2D eigenvalue weighted by Gasteiger charge is -2.38. The SMILES string of the molecule is CO[C@H]1/C=C\O[C@@]2(C)Oc3c(C)c(O)c4c(O)c(c(/C=N/OCCc5ccccc5)c(O)c4c3C2=O)NC(=O)/C(C)=C\C=C/[C@H](C)[C@H](O)[C@@H](C)[C@@H](O)[C@@H](C)[C@H](OC(C)=O)[C@@H]1C. The number of hydrogen-bond acceptors (Lipinski definition) is 14. The molecule has 6 N–H and O–H groups in total. The molecule has 3 aromatic carbocycles. The normalized spacial score (nSPS) is 29.4. The second-order valence-electron chi connectivity index (χ2n) is 15.9. The largest absolute Gasteiger partial charge is 0.507 e. The van der Waals surface area contributed by atoms with E-state index in [0.717, 1.165) is 11.8 Å². The zero-order chi connectivity index (χ0) is 44.9. The molecule has 9 atom stereocenters. The summed E-state index contributed by atoms with van der Waals surface area (Å²) in [5, 5.41) is 64.3. The number of rotatable bonds is 7. The highest BCUT2D eigenvalue weighted by atomic mass is 16.7. The van der Waals surface area contributed by atoms with Gasteiger partial charge in [0.2, 0.25) is 0 Å². The average Bonchev–Trinajstić information content (AvgIpc) is 3.50. The van der Waals surface area contributed by atoms with E-state index in [-0.39, 0.29) is 51.1 Å². The Morgan fingerprint density at radius 2 is 1.62 bits per heavy atom. The quantitative estimate of drug-likeness (QED) is 0.0382. The van der Waals surface area contributed by atoms with Crippen molar-refractivity contribution < 1.29 is 63.7 Å². The molecule has 0 radical (unpaired) electrons. The smallest absolute Gasteiger partial charge is 0.312 e. The summed E-state index contributed by atoms with van der Waals surface area (Å²) >= 11 is 0. The van der Waals surface area contributed by atoms with E-state index >= 15 is 0 Å². The Morgan fingerprint density at radius 3 is 2.28 bits per heavy atom. The molecule has 6 rings (SSSR count). The van der Waals surface area contributed by atoms with Crippen LogP contribution in [0.15, 0.2) is 71.6 Å². The van der Waals surface area contributed by atoms with Crippen molar-refractivity contribution in [3.05, 3.63) is 88.7 Å². The van der Waals surface area contributed by atoms with Gasteiger partial charge in [-0.1, -0.05) is 81.4 Å². The second-order valence-corrected chi connectivity index (χ2v) is 15.9. The zero-order valence-electron chi connectivity index (χ0n) is 35.8. The third-order valence-electron chi connectivity index (χ3n) is 11.6. The third kappa shape index (κ3) is 9.54. The molecular formula is C46H56N2O13. The molecule has 1 amide bonds. The number of nitrogens with zero attached hydrogens (tertiary/aromatic N) is 1. The highest BCUT2D eigenvalue weighted by Crippen LogP contribution is 2.55. The van der Waals surface area contributed by atoms with Gasteiger partial charge in [0.15, 0.2) is 5.75 Å². The number of amides is 1. The number of aromatic hydroxyl groups is 3. The molecule has 3 aliphatic heterocycles. The van der Waals surface area contributed by atoms with Crippen molar-refractivity contribution in [1.29, 1.82) is 0 Å². The third-order valence-corrected chi connectivity index (χ3v) is 11.6. The van der Waals surface area contributed by atoms with Crippen LogP contribution in [0.3, 0.4) is 0 Å². The Balaban J connectivity index is 1.67. The van der Waals surface area contributed by atoms with E-state index in [2.05, 4.69) is 10.5 Å². The minimum absolute atomic E-state index is 0.0298. The van der Waals surface area contributed by atoms with Gasteiger partial charge in [0.25, 0.3) is 11.7 Å². The van der Waals surface area contributed by atoms with Gasteiger partial charge in [-0.2, -0.15) is 0 Å². The van der Waals surface area contributed by atoms with Crippen molar-refractivity contribution >= 4 is 40.3 Å². The summed E-state index contributed by atoms with van der Waals surface area (Å²) in [6.45, 7) is 12.6. The first kappa shape index (κ1) is 46.2. The predicted molar refractivity (Wildman–Crippen MR) is 228 cm³/mol. The van der Waals surface area contributed by atoms with Crippen molar-refractivity contribution in [2.45, 2.75) is 92.0 Å². The predicted octanol–water partition coefficient (Wildman–Crippen LogP) is 6.35. The summed E-state index contributed by atoms with van der Waals surface area (Å²) in [7, 11) is 1.43. The van der Waals surface area contributed by atoms with Crippen LogP contribution in [0.5, 0.6) is 23.0 Å². The number of aliphatic hydroxyl groups excluding tert-OH is 2. The minimum atomic E-state index is -2.07. The number of Topliss-reactive ketones (excluding diaryl/α,β-unsaturated/α-hetero) is 1. The minimum Gasteiger partial charge on any atom is -0.507 e. The van der Waals surface area contributed by atoms with Crippen LogP contribution in [0.1, 0.15) is 75.5 Å². The summed E-state index contributed by atoms with van der Waals surface area (Å²) in [5.74, 6) is -8.70. The van der Waals surface area contributed by atoms with E-state index in [1.807, 2.05) is 30.3 Å². The number of carbonyl (C=O) groups is 3. The van der Waals surface area contributed by atoms with E-state index in [1.165, 1.54) is 53.2 Å². The summed E-state index contributed by atoms with van der Waals surface area (Å²) in [6.07, 6.45) is 5.01. The Bertz CT molecular complexity index is 2250.